The number of hydrogen-bond donors (Lipinski definition) is 1. The standard InChI is InChI=1S/C16H19NO5S/c1-3-22-16(21)14-13-9(2)5-4-6-10(13)23-15(14)17-11(18)7-8-12(19)20/h7-9H,3-6H2,1-2H3,(H,17,18)(H,19,20)/p-1/b8-7+/t9-/m1/s1. The summed E-state index contributed by atoms with van der Waals surface area (Å²) in [6, 6.07) is 0. The van der Waals surface area contributed by atoms with Crippen LogP contribution in [0.3, 0.4) is 0 Å². The minimum atomic E-state index is -1.45. The van der Waals surface area contributed by atoms with Gasteiger partial charge in [-0.05, 0) is 43.7 Å². The third-order valence-electron chi connectivity index (χ3n) is 3.64. The number of carbonyl (C=O) groups is 3. The summed E-state index contributed by atoms with van der Waals surface area (Å²) in [6.45, 7) is 4.02. The Labute approximate surface area is 138 Å². The molecule has 0 aromatic carbocycles. The number of carbonyl (C=O) groups excluding carboxylic acids is 3. The number of amides is 1. The minimum Gasteiger partial charge on any atom is -0.545 e. The molecule has 1 heterocycles. The summed E-state index contributed by atoms with van der Waals surface area (Å²) in [4.78, 5) is 35.6. The van der Waals surface area contributed by atoms with Crippen LogP contribution >= 0.6 is 11.3 Å². The van der Waals surface area contributed by atoms with Crippen LogP contribution in [0.25, 0.3) is 0 Å². The number of fused-ring (bicyclic) bond motifs is 1. The van der Waals surface area contributed by atoms with Crippen LogP contribution in [0.5, 0.6) is 0 Å². The van der Waals surface area contributed by atoms with Crippen LogP contribution in [0.4, 0.5) is 5.00 Å². The van der Waals surface area contributed by atoms with E-state index in [1.165, 1.54) is 11.3 Å². The highest BCUT2D eigenvalue weighted by molar-refractivity contribution is 7.17. The van der Waals surface area contributed by atoms with E-state index >= 15 is 0 Å². The zero-order valence-corrected chi connectivity index (χ0v) is 13.8. The van der Waals surface area contributed by atoms with Gasteiger partial charge in [0.2, 0.25) is 5.91 Å². The molecule has 124 valence electrons. The molecule has 2 rings (SSSR count). The van der Waals surface area contributed by atoms with Gasteiger partial charge >= 0.3 is 5.97 Å². The highest BCUT2D eigenvalue weighted by atomic mass is 32.1. The number of aryl methyl sites for hydroxylation is 1. The van der Waals surface area contributed by atoms with Crippen molar-refractivity contribution in [3.8, 4) is 0 Å². The van der Waals surface area contributed by atoms with Crippen molar-refractivity contribution in [2.24, 2.45) is 0 Å². The van der Waals surface area contributed by atoms with E-state index in [9.17, 15) is 19.5 Å². The number of ether oxygens (including phenoxy) is 1. The van der Waals surface area contributed by atoms with Gasteiger partial charge in [0.25, 0.3) is 0 Å². The molecule has 0 saturated carbocycles. The van der Waals surface area contributed by atoms with Crippen LogP contribution < -0.4 is 10.4 Å². The molecule has 1 amide bonds. The van der Waals surface area contributed by atoms with E-state index in [1.54, 1.807) is 6.92 Å². The van der Waals surface area contributed by atoms with Crippen LogP contribution in [0.2, 0.25) is 0 Å². The number of hydrogen-bond acceptors (Lipinski definition) is 6. The first-order valence-corrected chi connectivity index (χ1v) is 8.28. The van der Waals surface area contributed by atoms with E-state index < -0.39 is 17.8 Å². The molecule has 1 aromatic rings. The summed E-state index contributed by atoms with van der Waals surface area (Å²) in [7, 11) is 0. The van der Waals surface area contributed by atoms with Crippen molar-refractivity contribution in [2.75, 3.05) is 11.9 Å². The van der Waals surface area contributed by atoms with Crippen molar-refractivity contribution in [1.29, 1.82) is 0 Å². The first kappa shape index (κ1) is 17.2. The van der Waals surface area contributed by atoms with Gasteiger partial charge in [-0.1, -0.05) is 6.92 Å². The van der Waals surface area contributed by atoms with Crippen LogP contribution in [0.1, 0.15) is 53.4 Å². The summed E-state index contributed by atoms with van der Waals surface area (Å²) in [5.74, 6) is -2.31. The summed E-state index contributed by atoms with van der Waals surface area (Å²) in [5, 5.41) is 13.4. The fraction of sp³-hybridized carbons (Fsp3) is 0.438. The SMILES string of the molecule is CCOC(=O)c1c(NC(=O)/C=C/C(=O)[O-])sc2c1[C@H](C)CCC2. The molecule has 0 aliphatic heterocycles. The van der Waals surface area contributed by atoms with Gasteiger partial charge in [-0.25, -0.2) is 4.79 Å². The molecule has 0 unspecified atom stereocenters. The summed E-state index contributed by atoms with van der Waals surface area (Å²) < 4.78 is 5.12. The molecule has 0 fully saturated rings. The van der Waals surface area contributed by atoms with Gasteiger partial charge in [0.15, 0.2) is 0 Å². The average Bonchev–Trinajstić information content (AvgIpc) is 2.84. The Morgan fingerprint density at radius 2 is 2.13 bits per heavy atom. The molecule has 0 spiro atoms. The predicted octanol–water partition coefficient (Wildman–Crippen LogP) is 1.61. The second kappa shape index (κ2) is 7.41. The van der Waals surface area contributed by atoms with E-state index in [0.29, 0.717) is 16.6 Å². The van der Waals surface area contributed by atoms with E-state index in [0.717, 1.165) is 35.8 Å². The first-order valence-electron chi connectivity index (χ1n) is 7.46. The third-order valence-corrected chi connectivity index (χ3v) is 4.82. The second-order valence-corrected chi connectivity index (χ2v) is 6.40. The van der Waals surface area contributed by atoms with E-state index in [2.05, 4.69) is 12.2 Å². The Morgan fingerprint density at radius 3 is 2.78 bits per heavy atom. The topological polar surface area (TPSA) is 95.5 Å². The van der Waals surface area contributed by atoms with Gasteiger partial charge in [0, 0.05) is 11.0 Å². The fourth-order valence-electron chi connectivity index (χ4n) is 2.70. The molecule has 1 atom stereocenters. The maximum atomic E-state index is 12.3. The number of esters is 1. The van der Waals surface area contributed by atoms with Crippen molar-refractivity contribution in [3.63, 3.8) is 0 Å². The molecule has 23 heavy (non-hydrogen) atoms. The molecule has 7 heteroatoms. The molecule has 0 saturated heterocycles. The van der Waals surface area contributed by atoms with E-state index in [-0.39, 0.29) is 12.5 Å². The summed E-state index contributed by atoms with van der Waals surface area (Å²) >= 11 is 1.35. The third kappa shape index (κ3) is 3.98. The predicted molar refractivity (Wildman–Crippen MR) is 84.4 cm³/mol. The number of aliphatic carboxylic acids is 1. The van der Waals surface area contributed by atoms with Gasteiger partial charge in [-0.3, -0.25) is 4.79 Å². The Hall–Kier alpha value is -2.15. The van der Waals surface area contributed by atoms with Crippen molar-refractivity contribution in [2.45, 2.75) is 39.0 Å². The largest absolute Gasteiger partial charge is 0.545 e. The summed E-state index contributed by atoms with van der Waals surface area (Å²) in [5.41, 5.74) is 1.34. The normalized spacial score (nSPS) is 16.9. The minimum absolute atomic E-state index is 0.221. The molecule has 1 aromatic heterocycles. The van der Waals surface area contributed by atoms with Gasteiger partial charge in [-0.15, -0.1) is 11.3 Å². The number of carboxylic acids is 1. The number of carboxylic acid groups (broad SMARTS) is 1. The number of thiophene rings is 1. The Balaban J connectivity index is 2.36. The quantitative estimate of drug-likeness (QED) is 0.651. The van der Waals surface area contributed by atoms with Crippen molar-refractivity contribution < 1.29 is 24.2 Å². The van der Waals surface area contributed by atoms with Crippen LogP contribution in [0, 0.1) is 0 Å². The van der Waals surface area contributed by atoms with Crippen molar-refractivity contribution in [3.05, 3.63) is 28.2 Å². The zero-order valence-electron chi connectivity index (χ0n) is 13.0. The Morgan fingerprint density at radius 1 is 1.39 bits per heavy atom. The van der Waals surface area contributed by atoms with Gasteiger partial charge in [0.1, 0.15) is 5.00 Å². The molecule has 6 nitrogen and oxygen atoms in total. The van der Waals surface area contributed by atoms with E-state index in [4.69, 9.17) is 4.74 Å². The molecular weight excluding hydrogens is 318 g/mol. The van der Waals surface area contributed by atoms with Gasteiger partial charge in [0.05, 0.1) is 18.1 Å². The lowest BCUT2D eigenvalue weighted by molar-refractivity contribution is -0.297. The first-order chi connectivity index (χ1) is 10.9. The molecule has 0 radical (unpaired) electrons. The number of rotatable bonds is 5. The maximum absolute atomic E-state index is 12.3. The van der Waals surface area contributed by atoms with E-state index in [1.807, 2.05) is 0 Å². The van der Waals surface area contributed by atoms with Crippen LogP contribution in [-0.2, 0) is 20.7 Å². The van der Waals surface area contributed by atoms with Crippen molar-refractivity contribution >= 4 is 34.2 Å². The fourth-order valence-corrected chi connectivity index (χ4v) is 4.06. The van der Waals surface area contributed by atoms with Crippen LogP contribution in [0.15, 0.2) is 12.2 Å². The van der Waals surface area contributed by atoms with Crippen molar-refractivity contribution in [1.82, 2.24) is 0 Å². The lowest BCUT2D eigenvalue weighted by atomic mass is 9.86. The maximum Gasteiger partial charge on any atom is 0.341 e. The molecule has 1 aliphatic rings. The molecule has 1 N–H and O–H groups in total. The number of nitrogens with one attached hydrogen (secondary N) is 1. The van der Waals surface area contributed by atoms with Gasteiger partial charge < -0.3 is 20.0 Å². The van der Waals surface area contributed by atoms with Crippen LogP contribution in [-0.4, -0.2) is 24.5 Å². The number of anilines is 1. The highest BCUT2D eigenvalue weighted by Gasteiger charge is 2.30. The average molecular weight is 336 g/mol. The van der Waals surface area contributed by atoms with Gasteiger partial charge in [-0.2, -0.15) is 0 Å². The second-order valence-electron chi connectivity index (χ2n) is 5.30. The Kier molecular flexibility index (Phi) is 5.54. The lowest BCUT2D eigenvalue weighted by Gasteiger charge is -2.19. The zero-order chi connectivity index (χ0) is 17.0. The lowest BCUT2D eigenvalue weighted by Crippen LogP contribution is -2.20. The highest BCUT2D eigenvalue weighted by Crippen LogP contribution is 2.43. The molecule has 1 aliphatic carbocycles. The summed E-state index contributed by atoms with van der Waals surface area (Å²) in [6.07, 6.45) is 4.40. The smallest absolute Gasteiger partial charge is 0.341 e. The monoisotopic (exact) mass is 336 g/mol. The molecule has 0 bridgehead atoms. The molecular formula is C16H18NO5S-. The Bertz CT molecular complexity index is 662.